The minimum absolute atomic E-state index is 0.00605. The maximum atomic E-state index is 12.7. The molecular weight excluding hydrogens is 334 g/mol. The summed E-state index contributed by atoms with van der Waals surface area (Å²) in [4.78, 5) is 26.7. The number of carbonyl (C=O) groups is 2. The van der Waals surface area contributed by atoms with Crippen LogP contribution in [-0.2, 0) is 11.2 Å². The van der Waals surface area contributed by atoms with E-state index in [9.17, 15) is 14.7 Å². The lowest BCUT2D eigenvalue weighted by Crippen LogP contribution is -2.41. The van der Waals surface area contributed by atoms with Crippen LogP contribution in [0.4, 0.5) is 5.82 Å². The summed E-state index contributed by atoms with van der Waals surface area (Å²) in [5.41, 5.74) is 1.33. The molecule has 0 aliphatic carbocycles. The van der Waals surface area contributed by atoms with Gasteiger partial charge in [-0.3, -0.25) is 9.59 Å². The van der Waals surface area contributed by atoms with E-state index in [0.29, 0.717) is 43.1 Å². The van der Waals surface area contributed by atoms with Gasteiger partial charge in [-0.15, -0.1) is 0 Å². The van der Waals surface area contributed by atoms with Gasteiger partial charge in [0, 0.05) is 25.1 Å². The summed E-state index contributed by atoms with van der Waals surface area (Å²) in [5, 5.41) is 16.5. The molecule has 26 heavy (non-hydrogen) atoms. The number of phenols is 1. The second-order valence-corrected chi connectivity index (χ2v) is 6.58. The first-order valence-corrected chi connectivity index (χ1v) is 8.83. The number of hydrogen-bond donors (Lipinski definition) is 2. The fourth-order valence-electron chi connectivity index (χ4n) is 3.14. The predicted octanol–water partition coefficient (Wildman–Crippen LogP) is 2.74. The van der Waals surface area contributed by atoms with Gasteiger partial charge in [-0.05, 0) is 43.9 Å². The molecule has 0 radical (unpaired) electrons. The van der Waals surface area contributed by atoms with E-state index in [2.05, 4.69) is 10.5 Å². The van der Waals surface area contributed by atoms with E-state index in [0.717, 1.165) is 12.0 Å². The maximum absolute atomic E-state index is 12.7. The number of hydrogen-bond acceptors (Lipinski definition) is 5. The van der Waals surface area contributed by atoms with Crippen LogP contribution in [0.25, 0.3) is 0 Å². The zero-order chi connectivity index (χ0) is 18.7. The van der Waals surface area contributed by atoms with Crippen LogP contribution in [0, 0.1) is 12.8 Å². The zero-order valence-corrected chi connectivity index (χ0v) is 15.0. The molecule has 7 nitrogen and oxygen atoms in total. The third kappa shape index (κ3) is 3.87. The first kappa shape index (κ1) is 18.0. The van der Waals surface area contributed by atoms with Gasteiger partial charge in [-0.1, -0.05) is 18.1 Å². The van der Waals surface area contributed by atoms with Crippen LogP contribution in [0.3, 0.4) is 0 Å². The largest absolute Gasteiger partial charge is 0.507 e. The van der Waals surface area contributed by atoms with Gasteiger partial charge in [0.25, 0.3) is 5.91 Å². The topological polar surface area (TPSA) is 95.7 Å². The minimum atomic E-state index is -0.191. The number of anilines is 1. The Bertz CT molecular complexity index is 807. The van der Waals surface area contributed by atoms with Crippen molar-refractivity contribution in [3.05, 3.63) is 41.2 Å². The number of aryl methyl sites for hydroxylation is 2. The number of likely N-dealkylation sites (tertiary alicyclic amines) is 1. The molecule has 7 heteroatoms. The van der Waals surface area contributed by atoms with Gasteiger partial charge < -0.3 is 19.8 Å². The lowest BCUT2D eigenvalue weighted by Gasteiger charge is -2.31. The van der Waals surface area contributed by atoms with E-state index >= 15 is 0 Å². The van der Waals surface area contributed by atoms with Gasteiger partial charge in [-0.2, -0.15) is 0 Å². The Morgan fingerprint density at radius 1 is 1.31 bits per heavy atom. The maximum Gasteiger partial charge on any atom is 0.257 e. The number of carbonyl (C=O) groups excluding carboxylic acids is 2. The first-order chi connectivity index (χ1) is 12.5. The first-order valence-electron chi connectivity index (χ1n) is 8.83. The predicted molar refractivity (Wildman–Crippen MR) is 96.0 cm³/mol. The Labute approximate surface area is 152 Å². The van der Waals surface area contributed by atoms with E-state index in [-0.39, 0.29) is 23.5 Å². The molecule has 2 amide bonds. The quantitative estimate of drug-likeness (QED) is 0.877. The highest BCUT2D eigenvalue weighted by Gasteiger charge is 2.29. The molecule has 1 aromatic carbocycles. The molecule has 1 saturated heterocycles. The molecule has 2 N–H and O–H groups in total. The van der Waals surface area contributed by atoms with Gasteiger partial charge >= 0.3 is 0 Å². The summed E-state index contributed by atoms with van der Waals surface area (Å²) in [6.45, 7) is 4.71. The summed E-state index contributed by atoms with van der Waals surface area (Å²) in [5.74, 6) is 0.562. The monoisotopic (exact) mass is 357 g/mol. The molecule has 1 aromatic heterocycles. The number of phenolic OH excluding ortho intramolecular Hbond substituents is 1. The SMILES string of the molecule is CCc1ccc(O)c(C(=O)N2CCC(C(=O)Nc3cc(C)on3)CC2)c1. The molecule has 1 fully saturated rings. The molecule has 1 aliphatic rings. The van der Waals surface area contributed by atoms with Crippen molar-refractivity contribution in [1.29, 1.82) is 0 Å². The van der Waals surface area contributed by atoms with Gasteiger partial charge in [0.15, 0.2) is 5.82 Å². The van der Waals surface area contributed by atoms with Gasteiger partial charge in [0.05, 0.1) is 5.56 Å². The highest BCUT2D eigenvalue weighted by Crippen LogP contribution is 2.25. The number of piperidine rings is 1. The number of rotatable bonds is 4. The van der Waals surface area contributed by atoms with Gasteiger partial charge in [0.1, 0.15) is 11.5 Å². The minimum Gasteiger partial charge on any atom is -0.507 e. The fourth-order valence-corrected chi connectivity index (χ4v) is 3.14. The Hall–Kier alpha value is -2.83. The van der Waals surface area contributed by atoms with Crippen molar-refractivity contribution in [2.75, 3.05) is 18.4 Å². The number of nitrogens with zero attached hydrogens (tertiary/aromatic N) is 2. The molecule has 0 bridgehead atoms. The summed E-state index contributed by atoms with van der Waals surface area (Å²) >= 11 is 0. The number of nitrogens with one attached hydrogen (secondary N) is 1. The van der Waals surface area contributed by atoms with Crippen LogP contribution in [0.1, 0.15) is 41.4 Å². The highest BCUT2D eigenvalue weighted by molar-refractivity contribution is 5.97. The Kier molecular flexibility index (Phi) is 5.25. The lowest BCUT2D eigenvalue weighted by molar-refractivity contribution is -0.121. The van der Waals surface area contributed by atoms with Crippen molar-refractivity contribution in [1.82, 2.24) is 10.1 Å². The number of benzene rings is 1. The van der Waals surface area contributed by atoms with Crippen LogP contribution in [-0.4, -0.2) is 40.1 Å². The molecular formula is C19H23N3O4. The van der Waals surface area contributed by atoms with Crippen molar-refractivity contribution < 1.29 is 19.2 Å². The van der Waals surface area contributed by atoms with Gasteiger partial charge in [0.2, 0.25) is 5.91 Å². The summed E-state index contributed by atoms with van der Waals surface area (Å²) in [7, 11) is 0. The van der Waals surface area contributed by atoms with Gasteiger partial charge in [-0.25, -0.2) is 0 Å². The molecule has 0 saturated carbocycles. The number of aromatic hydroxyl groups is 1. The van der Waals surface area contributed by atoms with E-state index < -0.39 is 0 Å². The molecule has 0 atom stereocenters. The van der Waals surface area contributed by atoms with E-state index in [1.54, 1.807) is 30.0 Å². The Balaban J connectivity index is 1.59. The lowest BCUT2D eigenvalue weighted by atomic mass is 9.95. The standard InChI is InChI=1S/C19H23N3O4/c1-3-13-4-5-16(23)15(11-13)19(25)22-8-6-14(7-9-22)18(24)20-17-10-12(2)26-21-17/h4-5,10-11,14,23H,3,6-9H2,1-2H3,(H,20,21,24). The third-order valence-electron chi connectivity index (χ3n) is 4.73. The van der Waals surface area contributed by atoms with E-state index in [1.807, 2.05) is 13.0 Å². The second-order valence-electron chi connectivity index (χ2n) is 6.58. The smallest absolute Gasteiger partial charge is 0.257 e. The van der Waals surface area contributed by atoms with E-state index in [4.69, 9.17) is 4.52 Å². The number of amides is 2. The van der Waals surface area contributed by atoms with Crippen molar-refractivity contribution in [2.45, 2.75) is 33.1 Å². The van der Waals surface area contributed by atoms with Crippen molar-refractivity contribution >= 4 is 17.6 Å². The third-order valence-corrected chi connectivity index (χ3v) is 4.73. The Morgan fingerprint density at radius 2 is 2.04 bits per heavy atom. The Morgan fingerprint density at radius 3 is 2.65 bits per heavy atom. The fraction of sp³-hybridized carbons (Fsp3) is 0.421. The normalized spacial score (nSPS) is 15.1. The molecule has 2 heterocycles. The molecule has 3 rings (SSSR count). The van der Waals surface area contributed by atoms with Crippen molar-refractivity contribution in [2.24, 2.45) is 5.92 Å². The van der Waals surface area contributed by atoms with Crippen LogP contribution in [0.2, 0.25) is 0 Å². The van der Waals surface area contributed by atoms with Crippen molar-refractivity contribution in [3.63, 3.8) is 0 Å². The van der Waals surface area contributed by atoms with Crippen LogP contribution in [0.15, 0.2) is 28.8 Å². The van der Waals surface area contributed by atoms with Crippen LogP contribution >= 0.6 is 0 Å². The second kappa shape index (κ2) is 7.59. The molecule has 138 valence electrons. The summed E-state index contributed by atoms with van der Waals surface area (Å²) < 4.78 is 4.94. The zero-order valence-electron chi connectivity index (χ0n) is 15.0. The van der Waals surface area contributed by atoms with Crippen LogP contribution < -0.4 is 5.32 Å². The van der Waals surface area contributed by atoms with Crippen LogP contribution in [0.5, 0.6) is 5.75 Å². The average Bonchev–Trinajstić information content (AvgIpc) is 3.06. The average molecular weight is 357 g/mol. The summed E-state index contributed by atoms with van der Waals surface area (Å²) in [6.07, 6.45) is 1.94. The van der Waals surface area contributed by atoms with E-state index in [1.165, 1.54) is 0 Å². The molecule has 1 aliphatic heterocycles. The molecule has 0 unspecified atom stereocenters. The molecule has 2 aromatic rings. The van der Waals surface area contributed by atoms with Crippen molar-refractivity contribution in [3.8, 4) is 5.75 Å². The highest BCUT2D eigenvalue weighted by atomic mass is 16.5. The number of aromatic nitrogens is 1. The summed E-state index contributed by atoms with van der Waals surface area (Å²) in [6, 6.07) is 6.78. The molecule has 0 spiro atoms.